The average Bonchev–Trinajstić information content (AvgIpc) is 3.23. The highest BCUT2D eigenvalue weighted by atomic mass is 16.7. The van der Waals surface area contributed by atoms with Crippen molar-refractivity contribution in [2.24, 2.45) is 0 Å². The van der Waals surface area contributed by atoms with Crippen molar-refractivity contribution >= 4 is 35.4 Å². The second kappa shape index (κ2) is 18.6. The van der Waals surface area contributed by atoms with Crippen LogP contribution in [0.4, 0.5) is 0 Å². The van der Waals surface area contributed by atoms with E-state index in [1.54, 1.807) is 26.0 Å². The summed E-state index contributed by atoms with van der Waals surface area (Å²) in [6.45, 7) is 10.6. The molecule has 2 saturated heterocycles. The molecule has 0 spiro atoms. The average molecular weight is 971 g/mol. The molecule has 2 aliphatic carbocycles. The molecule has 6 N–H and O–H groups in total. The van der Waals surface area contributed by atoms with Crippen molar-refractivity contribution < 1.29 is 97.3 Å². The second-order valence-electron chi connectivity index (χ2n) is 17.9. The zero-order chi connectivity index (χ0) is 50.9. The predicted molar refractivity (Wildman–Crippen MR) is 237 cm³/mol. The molecule has 2 heterocycles. The summed E-state index contributed by atoms with van der Waals surface area (Å²) in [6, 6.07) is 10.8. The molecule has 12 atom stereocenters. The number of carbonyl (C=O) groups excluding carboxylic acids is 6. The highest BCUT2D eigenvalue weighted by molar-refractivity contribution is 6.18. The fraction of sp³-hybridized carbons (Fsp3) is 0.400. The molecule has 20 nitrogen and oxygen atoms in total. The lowest BCUT2D eigenvalue weighted by molar-refractivity contribution is -0.277. The third kappa shape index (κ3) is 8.82. The molecule has 70 heavy (non-hydrogen) atoms. The van der Waals surface area contributed by atoms with Gasteiger partial charge in [-0.25, -0.2) is 0 Å². The Kier molecular flexibility index (Phi) is 13.0. The molecular formula is C50H50O20. The number of ketones is 2. The first kappa shape index (κ1) is 49.2. The van der Waals surface area contributed by atoms with Gasteiger partial charge in [0.05, 0.1) is 34.5 Å². The number of aromatic hydroxyl groups is 4. The summed E-state index contributed by atoms with van der Waals surface area (Å²) < 4.78 is 46.0. The standard InChI is InChI=1S/C50H50O20/c1-17-9-27-35(29-13-25(15-33(57)39(29)42(60)37(27)31(55)11-17)69-49-47(67-23(7)53)44(62)45(20(4)64-49)65-21(5)51)36-28-10-18(2)12-32(56)38(28)43(61)40-30(36)14-26(16-34(40)58)70-50-48(68-24(8)54)46(66-22(6)52)41(59)19(3)63-50/h9-16,19-20,35-36,41,44-50,55-59,62H,1-8H3/t19-,20-,35+,36-,41-,44+,45-,46+,47+,48+,49-,50-/m0/s1. The van der Waals surface area contributed by atoms with Crippen molar-refractivity contribution in [1.29, 1.82) is 0 Å². The SMILES string of the molecule is CC(=O)O[C@@H]1[C@@H](O)[C@H](C)O[C@@H](Oc2cc(O)c3c(c2)[C@@H]([C@@H]2c4cc(C)cc(O)c4C(=O)c4c(O)cc(O[C@@H]5O[C@@H](C)[C@H](OC(C)=O)[C@@H](O)[C@H]5OC(C)=O)cc42)c2cc(C)cc(O)c2C3=O)[C@@H]1OC(C)=O. The molecule has 8 rings (SSSR count). The van der Waals surface area contributed by atoms with Gasteiger partial charge < -0.3 is 68.5 Å². The van der Waals surface area contributed by atoms with Gasteiger partial charge in [0, 0.05) is 51.7 Å². The first-order valence-electron chi connectivity index (χ1n) is 22.1. The number of hydrogen-bond acceptors (Lipinski definition) is 20. The van der Waals surface area contributed by atoms with Crippen molar-refractivity contribution in [2.75, 3.05) is 0 Å². The molecule has 370 valence electrons. The normalized spacial score (nSPS) is 27.7. The molecule has 0 unspecified atom stereocenters. The molecule has 4 aromatic rings. The predicted octanol–water partition coefficient (Wildman–Crippen LogP) is 3.87. The summed E-state index contributed by atoms with van der Waals surface area (Å²) in [6.07, 6.45) is -14.4. The highest BCUT2D eigenvalue weighted by Crippen LogP contribution is 2.57. The van der Waals surface area contributed by atoms with Crippen molar-refractivity contribution in [2.45, 2.75) is 129 Å². The van der Waals surface area contributed by atoms with Gasteiger partial charge in [0.15, 0.2) is 18.3 Å². The Labute approximate surface area is 399 Å². The zero-order valence-electron chi connectivity index (χ0n) is 38.9. The molecule has 4 aliphatic rings. The van der Waals surface area contributed by atoms with Gasteiger partial charge in [0.25, 0.3) is 0 Å². The summed E-state index contributed by atoms with van der Waals surface area (Å²) in [5.74, 6) is -10.0. The van der Waals surface area contributed by atoms with E-state index in [9.17, 15) is 59.4 Å². The monoisotopic (exact) mass is 970 g/mol. The molecule has 2 aliphatic heterocycles. The molecule has 20 heteroatoms. The summed E-state index contributed by atoms with van der Waals surface area (Å²) in [5.41, 5.74) is 0.293. The summed E-state index contributed by atoms with van der Waals surface area (Å²) in [7, 11) is 0. The van der Waals surface area contributed by atoms with Crippen LogP contribution in [0.1, 0.15) is 119 Å². The Bertz CT molecular complexity index is 2850. The van der Waals surface area contributed by atoms with Gasteiger partial charge in [-0.2, -0.15) is 0 Å². The quantitative estimate of drug-likeness (QED) is 0.102. The topological polar surface area (TPSA) is 298 Å². The maximum atomic E-state index is 14.6. The fourth-order valence-corrected chi connectivity index (χ4v) is 10.00. The number of aliphatic hydroxyl groups excluding tert-OH is 2. The number of aryl methyl sites for hydroxylation is 2. The maximum Gasteiger partial charge on any atom is 0.303 e. The van der Waals surface area contributed by atoms with Crippen LogP contribution in [-0.4, -0.2) is 127 Å². The largest absolute Gasteiger partial charge is 0.507 e. The van der Waals surface area contributed by atoms with E-state index in [4.69, 9.17) is 37.9 Å². The third-order valence-corrected chi connectivity index (χ3v) is 12.6. The van der Waals surface area contributed by atoms with Crippen LogP contribution in [0, 0.1) is 13.8 Å². The van der Waals surface area contributed by atoms with Crippen LogP contribution in [0.5, 0.6) is 34.5 Å². The molecule has 2 fully saturated rings. The minimum Gasteiger partial charge on any atom is -0.507 e. The van der Waals surface area contributed by atoms with Crippen molar-refractivity contribution in [3.8, 4) is 34.5 Å². The van der Waals surface area contributed by atoms with Crippen LogP contribution in [-0.2, 0) is 47.6 Å². The summed E-state index contributed by atoms with van der Waals surface area (Å²) in [4.78, 5) is 78.1. The van der Waals surface area contributed by atoms with E-state index in [2.05, 4.69) is 0 Å². The molecule has 0 amide bonds. The van der Waals surface area contributed by atoms with Crippen molar-refractivity contribution in [1.82, 2.24) is 0 Å². The zero-order valence-corrected chi connectivity index (χ0v) is 38.9. The van der Waals surface area contributed by atoms with E-state index in [-0.39, 0.29) is 56.0 Å². The first-order valence-corrected chi connectivity index (χ1v) is 22.1. The number of ether oxygens (including phenoxy) is 8. The Balaban J connectivity index is 1.33. The second-order valence-corrected chi connectivity index (χ2v) is 17.9. The molecular weight excluding hydrogens is 921 g/mol. The van der Waals surface area contributed by atoms with Gasteiger partial charge >= 0.3 is 23.9 Å². The molecule has 0 bridgehead atoms. The lowest BCUT2D eigenvalue weighted by Gasteiger charge is -2.42. The Morgan fingerprint density at radius 2 is 0.800 bits per heavy atom. The van der Waals surface area contributed by atoms with E-state index >= 15 is 0 Å². The number of aliphatic hydroxyl groups is 2. The van der Waals surface area contributed by atoms with Crippen LogP contribution < -0.4 is 9.47 Å². The van der Waals surface area contributed by atoms with Gasteiger partial charge in [-0.15, -0.1) is 0 Å². The number of carbonyl (C=O) groups is 6. The van der Waals surface area contributed by atoms with Gasteiger partial charge in [0.1, 0.15) is 46.7 Å². The van der Waals surface area contributed by atoms with Gasteiger partial charge in [-0.3, -0.25) is 28.8 Å². The van der Waals surface area contributed by atoms with Crippen LogP contribution >= 0.6 is 0 Å². The van der Waals surface area contributed by atoms with Crippen LogP contribution in [0.3, 0.4) is 0 Å². The van der Waals surface area contributed by atoms with E-state index in [1.165, 1.54) is 38.1 Å². The van der Waals surface area contributed by atoms with E-state index in [0.29, 0.717) is 11.1 Å². The maximum absolute atomic E-state index is 14.6. The van der Waals surface area contributed by atoms with Gasteiger partial charge in [-0.05, 0) is 85.3 Å². The molecule has 0 saturated carbocycles. The number of fused-ring (bicyclic) bond motifs is 4. The Hall–Kier alpha value is -7.26. The smallest absolute Gasteiger partial charge is 0.303 e. The number of rotatable bonds is 9. The minimum atomic E-state index is -1.67. The van der Waals surface area contributed by atoms with Gasteiger partial charge in [0.2, 0.25) is 30.3 Å². The van der Waals surface area contributed by atoms with E-state index in [1.807, 2.05) is 0 Å². The summed E-state index contributed by atoms with van der Waals surface area (Å²) >= 11 is 0. The highest BCUT2D eigenvalue weighted by Gasteiger charge is 2.52. The number of phenols is 4. The Morgan fingerprint density at radius 3 is 1.23 bits per heavy atom. The lowest BCUT2D eigenvalue weighted by atomic mass is 9.63. The Morgan fingerprint density at radius 1 is 0.457 bits per heavy atom. The number of benzene rings is 4. The number of esters is 4. The molecule has 0 aromatic heterocycles. The molecule has 0 radical (unpaired) electrons. The fourth-order valence-electron chi connectivity index (χ4n) is 10.00. The van der Waals surface area contributed by atoms with E-state index < -0.39 is 132 Å². The van der Waals surface area contributed by atoms with Crippen LogP contribution in [0.2, 0.25) is 0 Å². The number of phenolic OH excluding ortho intramolecular Hbond substituents is 4. The minimum absolute atomic E-state index is 0.0315. The van der Waals surface area contributed by atoms with E-state index in [0.717, 1.165) is 39.8 Å². The van der Waals surface area contributed by atoms with Crippen LogP contribution in [0.15, 0.2) is 48.5 Å². The van der Waals surface area contributed by atoms with Gasteiger partial charge in [-0.1, -0.05) is 12.1 Å². The molecule has 4 aromatic carbocycles. The third-order valence-electron chi connectivity index (χ3n) is 12.6. The van der Waals surface area contributed by atoms with Crippen molar-refractivity contribution in [3.05, 3.63) is 104 Å². The lowest BCUT2D eigenvalue weighted by Crippen LogP contribution is -2.60. The van der Waals surface area contributed by atoms with Crippen molar-refractivity contribution in [3.63, 3.8) is 0 Å². The number of hydrogen-bond donors (Lipinski definition) is 6. The summed E-state index contributed by atoms with van der Waals surface area (Å²) in [5, 5.41) is 69.3. The first-order chi connectivity index (χ1) is 32.9. The van der Waals surface area contributed by atoms with Crippen LogP contribution in [0.25, 0.3) is 0 Å².